The van der Waals surface area contributed by atoms with E-state index in [2.05, 4.69) is 4.98 Å². The molecule has 1 aliphatic heterocycles. The molecule has 7 nitrogen and oxygen atoms in total. The lowest BCUT2D eigenvalue weighted by Gasteiger charge is -2.21. The first-order chi connectivity index (χ1) is 8.46. The van der Waals surface area contributed by atoms with E-state index in [1.165, 1.54) is 4.31 Å². The molecule has 1 fully saturated rings. The summed E-state index contributed by atoms with van der Waals surface area (Å²) in [6.07, 6.45) is 2.47. The molecule has 1 saturated heterocycles. The van der Waals surface area contributed by atoms with Gasteiger partial charge in [0.15, 0.2) is 0 Å². The number of carboxylic acids is 1. The molecule has 0 radical (unpaired) electrons. The van der Waals surface area contributed by atoms with Gasteiger partial charge in [-0.25, -0.2) is 13.2 Å². The van der Waals surface area contributed by atoms with Crippen molar-refractivity contribution in [2.75, 3.05) is 13.2 Å². The van der Waals surface area contributed by atoms with Crippen LogP contribution in [0.1, 0.15) is 23.3 Å². The van der Waals surface area contributed by atoms with Crippen LogP contribution in [0.5, 0.6) is 0 Å². The van der Waals surface area contributed by atoms with E-state index in [9.17, 15) is 13.2 Å². The van der Waals surface area contributed by atoms with E-state index in [4.69, 9.17) is 10.2 Å². The number of nitrogens with one attached hydrogen (secondary N) is 1. The van der Waals surface area contributed by atoms with E-state index in [-0.39, 0.29) is 17.2 Å². The summed E-state index contributed by atoms with van der Waals surface area (Å²) >= 11 is 0. The van der Waals surface area contributed by atoms with E-state index in [0.29, 0.717) is 19.4 Å². The average molecular weight is 274 g/mol. The molecule has 0 aliphatic carbocycles. The molecule has 0 spiro atoms. The zero-order valence-corrected chi connectivity index (χ0v) is 10.4. The van der Waals surface area contributed by atoms with Gasteiger partial charge in [-0.3, -0.25) is 0 Å². The second-order valence-corrected chi connectivity index (χ2v) is 6.04. The van der Waals surface area contributed by atoms with E-state index in [1.54, 1.807) is 0 Å². The number of hydrogen-bond donors (Lipinski definition) is 3. The highest BCUT2D eigenvalue weighted by atomic mass is 32.2. The minimum Gasteiger partial charge on any atom is -0.477 e. The zero-order chi connectivity index (χ0) is 13.3. The van der Waals surface area contributed by atoms with Crippen molar-refractivity contribution in [1.82, 2.24) is 9.29 Å². The molecule has 0 amide bonds. The Hall–Kier alpha value is -1.38. The predicted octanol–water partition coefficient (Wildman–Crippen LogP) is -0.142. The molecule has 18 heavy (non-hydrogen) atoms. The van der Waals surface area contributed by atoms with Gasteiger partial charge in [0.25, 0.3) is 0 Å². The van der Waals surface area contributed by atoms with Crippen LogP contribution < -0.4 is 0 Å². The Kier molecular flexibility index (Phi) is 3.42. The Morgan fingerprint density at radius 3 is 2.83 bits per heavy atom. The van der Waals surface area contributed by atoms with Crippen LogP contribution in [0.4, 0.5) is 0 Å². The Bertz CT molecular complexity index is 550. The van der Waals surface area contributed by atoms with Gasteiger partial charge in [0, 0.05) is 18.8 Å². The molecule has 0 bridgehead atoms. The molecule has 1 aromatic rings. The first kappa shape index (κ1) is 13.1. The summed E-state index contributed by atoms with van der Waals surface area (Å²) < 4.78 is 25.7. The van der Waals surface area contributed by atoms with Crippen LogP contribution in [0.3, 0.4) is 0 Å². The van der Waals surface area contributed by atoms with Crippen LogP contribution in [0.15, 0.2) is 17.2 Å². The number of nitrogens with zero attached hydrogens (tertiary/aromatic N) is 1. The third-order valence-electron chi connectivity index (χ3n) is 3.03. The minimum atomic E-state index is -3.73. The van der Waals surface area contributed by atoms with Crippen molar-refractivity contribution < 1.29 is 23.4 Å². The summed E-state index contributed by atoms with van der Waals surface area (Å²) in [7, 11) is -3.73. The summed E-state index contributed by atoms with van der Waals surface area (Å²) in [6, 6.07) is 0.669. The molecule has 1 aliphatic rings. The molecule has 2 heterocycles. The Morgan fingerprint density at radius 2 is 2.28 bits per heavy atom. The lowest BCUT2D eigenvalue weighted by molar-refractivity contribution is 0.0691. The molecule has 1 aromatic heterocycles. The maximum absolute atomic E-state index is 12.2. The van der Waals surface area contributed by atoms with Crippen LogP contribution in [-0.4, -0.2) is 53.1 Å². The van der Waals surface area contributed by atoms with Crippen LogP contribution in [0, 0.1) is 0 Å². The fourth-order valence-electron chi connectivity index (χ4n) is 2.09. The van der Waals surface area contributed by atoms with Crippen molar-refractivity contribution in [3.05, 3.63) is 18.0 Å². The van der Waals surface area contributed by atoms with Gasteiger partial charge < -0.3 is 15.2 Å². The third-order valence-corrected chi connectivity index (χ3v) is 4.96. The lowest BCUT2D eigenvalue weighted by atomic mass is 10.2. The largest absolute Gasteiger partial charge is 0.477 e. The highest BCUT2D eigenvalue weighted by Gasteiger charge is 2.35. The van der Waals surface area contributed by atoms with Gasteiger partial charge in [-0.2, -0.15) is 4.31 Å². The second kappa shape index (κ2) is 4.71. The molecule has 0 saturated carbocycles. The van der Waals surface area contributed by atoms with Crippen LogP contribution in [0.2, 0.25) is 0 Å². The number of rotatable bonds is 4. The Morgan fingerprint density at radius 1 is 1.56 bits per heavy atom. The van der Waals surface area contributed by atoms with E-state index in [0.717, 1.165) is 12.3 Å². The summed E-state index contributed by atoms with van der Waals surface area (Å²) in [5.41, 5.74) is -0.173. The Balaban J connectivity index is 2.32. The van der Waals surface area contributed by atoms with Crippen molar-refractivity contribution >= 4 is 16.0 Å². The average Bonchev–Trinajstić information content (AvgIpc) is 2.98. The number of hydrogen-bond acceptors (Lipinski definition) is 4. The van der Waals surface area contributed by atoms with E-state index in [1.807, 2.05) is 0 Å². The second-order valence-electron chi connectivity index (χ2n) is 4.15. The first-order valence-corrected chi connectivity index (χ1v) is 6.95. The summed E-state index contributed by atoms with van der Waals surface area (Å²) in [5.74, 6) is -1.21. The van der Waals surface area contributed by atoms with E-state index < -0.39 is 22.0 Å². The summed E-state index contributed by atoms with van der Waals surface area (Å²) in [6.45, 7) is 0.122. The maximum atomic E-state index is 12.2. The van der Waals surface area contributed by atoms with Gasteiger partial charge in [-0.1, -0.05) is 0 Å². The standard InChI is InChI=1S/C10H14N2O5S/c13-6-7-2-1-3-12(7)18(16,17)8-4-9(10(14)15)11-5-8/h4-5,7,11,13H,1-3,6H2,(H,14,15)/t7-/m1/s1. The fraction of sp³-hybridized carbons (Fsp3) is 0.500. The fourth-order valence-corrected chi connectivity index (χ4v) is 3.77. The summed E-state index contributed by atoms with van der Waals surface area (Å²) in [5, 5.41) is 17.9. The number of carboxylic acid groups (broad SMARTS) is 1. The molecule has 3 N–H and O–H groups in total. The van der Waals surface area contributed by atoms with Crippen molar-refractivity contribution in [2.24, 2.45) is 0 Å². The first-order valence-electron chi connectivity index (χ1n) is 5.51. The number of aromatic amines is 1. The van der Waals surface area contributed by atoms with Crippen LogP contribution >= 0.6 is 0 Å². The quantitative estimate of drug-likeness (QED) is 0.707. The molecule has 1 atom stereocenters. The normalized spacial score (nSPS) is 21.3. The van der Waals surface area contributed by atoms with Crippen molar-refractivity contribution in [1.29, 1.82) is 0 Å². The third kappa shape index (κ3) is 2.14. The number of aromatic carboxylic acids is 1. The maximum Gasteiger partial charge on any atom is 0.352 e. The number of aromatic nitrogens is 1. The van der Waals surface area contributed by atoms with Gasteiger partial charge in [0.1, 0.15) is 10.6 Å². The molecule has 100 valence electrons. The predicted molar refractivity (Wildman–Crippen MR) is 61.8 cm³/mol. The summed E-state index contributed by atoms with van der Waals surface area (Å²) in [4.78, 5) is 13.0. The smallest absolute Gasteiger partial charge is 0.352 e. The number of H-pyrrole nitrogens is 1. The number of aliphatic hydroxyl groups excluding tert-OH is 1. The van der Waals surface area contributed by atoms with Gasteiger partial charge in [0.2, 0.25) is 10.0 Å². The highest BCUT2D eigenvalue weighted by molar-refractivity contribution is 7.89. The highest BCUT2D eigenvalue weighted by Crippen LogP contribution is 2.26. The molecular weight excluding hydrogens is 260 g/mol. The topological polar surface area (TPSA) is 111 Å². The minimum absolute atomic E-state index is 0.0831. The monoisotopic (exact) mass is 274 g/mol. The van der Waals surface area contributed by atoms with Gasteiger partial charge in [-0.05, 0) is 18.9 Å². The van der Waals surface area contributed by atoms with E-state index >= 15 is 0 Å². The lowest BCUT2D eigenvalue weighted by Crippen LogP contribution is -2.37. The SMILES string of the molecule is O=C(O)c1cc(S(=O)(=O)N2CCC[C@@H]2CO)c[nH]1. The van der Waals surface area contributed by atoms with Crippen molar-refractivity contribution in [2.45, 2.75) is 23.8 Å². The zero-order valence-electron chi connectivity index (χ0n) is 9.54. The van der Waals surface area contributed by atoms with Crippen LogP contribution in [0.25, 0.3) is 0 Å². The molecule has 0 unspecified atom stereocenters. The number of sulfonamides is 1. The van der Waals surface area contributed by atoms with Crippen molar-refractivity contribution in [3.8, 4) is 0 Å². The van der Waals surface area contributed by atoms with Gasteiger partial charge in [0.05, 0.1) is 6.61 Å². The molecule has 2 rings (SSSR count). The van der Waals surface area contributed by atoms with Crippen LogP contribution in [-0.2, 0) is 10.0 Å². The molecule has 0 aromatic carbocycles. The molecule has 8 heteroatoms. The number of aliphatic hydroxyl groups is 1. The van der Waals surface area contributed by atoms with Gasteiger partial charge >= 0.3 is 5.97 Å². The number of carbonyl (C=O) groups is 1. The van der Waals surface area contributed by atoms with Crippen molar-refractivity contribution in [3.63, 3.8) is 0 Å². The Labute approximate surface area is 104 Å². The van der Waals surface area contributed by atoms with Gasteiger partial charge in [-0.15, -0.1) is 0 Å². The molecular formula is C10H14N2O5S.